The molecule has 0 unspecified atom stereocenters. The van der Waals surface area contributed by atoms with Gasteiger partial charge < -0.3 is 15.6 Å². The van der Waals surface area contributed by atoms with Gasteiger partial charge in [0, 0.05) is 16.7 Å². The molecule has 154 valence electrons. The highest BCUT2D eigenvalue weighted by molar-refractivity contribution is 6.07. The molecule has 31 heavy (non-hydrogen) atoms. The third-order valence-electron chi connectivity index (χ3n) is 4.79. The van der Waals surface area contributed by atoms with Crippen molar-refractivity contribution < 1.29 is 14.0 Å². The number of imidazole rings is 1. The predicted molar refractivity (Wildman–Crippen MR) is 116 cm³/mol. The topological polar surface area (TPSA) is 90.0 Å². The van der Waals surface area contributed by atoms with E-state index in [1.54, 1.807) is 36.7 Å². The fraction of sp³-hybridized carbons (Fsp3) is 0.0417. The first-order valence-electron chi connectivity index (χ1n) is 9.57. The molecule has 3 aromatic carbocycles. The summed E-state index contributed by atoms with van der Waals surface area (Å²) >= 11 is 0. The zero-order chi connectivity index (χ0) is 21.8. The number of anilines is 1. The molecule has 4 aromatic rings. The highest BCUT2D eigenvalue weighted by Gasteiger charge is 2.18. The fourth-order valence-corrected chi connectivity index (χ4v) is 3.23. The summed E-state index contributed by atoms with van der Waals surface area (Å²) in [6.07, 6.45) is 1.63. The van der Waals surface area contributed by atoms with Crippen LogP contribution in [0.5, 0.6) is 0 Å². The number of rotatable bonds is 6. The summed E-state index contributed by atoms with van der Waals surface area (Å²) in [5, 5.41) is 2.89. The molecule has 6 nitrogen and oxygen atoms in total. The number of hydrogen-bond acceptors (Lipinski definition) is 3. The third kappa shape index (κ3) is 4.51. The van der Waals surface area contributed by atoms with Crippen LogP contribution in [-0.4, -0.2) is 21.4 Å². The van der Waals surface area contributed by atoms with E-state index >= 15 is 0 Å². The van der Waals surface area contributed by atoms with E-state index in [9.17, 15) is 14.0 Å². The SMILES string of the molecule is NC(=O)c1cccc(C(=O)Nc2c(-c3ccc(F)cc3)ncn2Cc2ccccc2)c1. The Bertz CT molecular complexity index is 1230. The molecular weight excluding hydrogens is 395 g/mol. The number of carbonyl (C=O) groups excluding carboxylic acids is 2. The van der Waals surface area contributed by atoms with Gasteiger partial charge in [-0.05, 0) is 48.0 Å². The van der Waals surface area contributed by atoms with E-state index in [0.29, 0.717) is 23.6 Å². The van der Waals surface area contributed by atoms with E-state index in [0.717, 1.165) is 5.56 Å². The number of halogens is 1. The molecule has 0 radical (unpaired) electrons. The molecular formula is C24H19FN4O2. The Hall–Kier alpha value is -4.26. The minimum absolute atomic E-state index is 0.240. The van der Waals surface area contributed by atoms with Crippen molar-refractivity contribution in [3.05, 3.63) is 108 Å². The second kappa shape index (κ2) is 8.62. The van der Waals surface area contributed by atoms with Gasteiger partial charge >= 0.3 is 0 Å². The lowest BCUT2D eigenvalue weighted by Gasteiger charge is -2.12. The molecule has 1 heterocycles. The van der Waals surface area contributed by atoms with Gasteiger partial charge in [0.2, 0.25) is 5.91 Å². The first-order valence-corrected chi connectivity index (χ1v) is 9.57. The molecule has 4 rings (SSSR count). The maximum absolute atomic E-state index is 13.4. The monoisotopic (exact) mass is 414 g/mol. The van der Waals surface area contributed by atoms with Crippen LogP contribution in [0.4, 0.5) is 10.2 Å². The fourth-order valence-electron chi connectivity index (χ4n) is 3.23. The van der Waals surface area contributed by atoms with Crippen molar-refractivity contribution in [2.24, 2.45) is 5.73 Å². The van der Waals surface area contributed by atoms with E-state index in [-0.39, 0.29) is 16.9 Å². The number of benzene rings is 3. The zero-order valence-electron chi connectivity index (χ0n) is 16.5. The number of nitrogens with zero attached hydrogens (tertiary/aromatic N) is 2. The van der Waals surface area contributed by atoms with Crippen LogP contribution >= 0.6 is 0 Å². The van der Waals surface area contributed by atoms with Gasteiger partial charge in [-0.25, -0.2) is 9.37 Å². The van der Waals surface area contributed by atoms with E-state index in [1.807, 2.05) is 34.9 Å². The predicted octanol–water partition coefficient (Wildman–Crippen LogP) is 4.09. The van der Waals surface area contributed by atoms with Gasteiger partial charge in [0.15, 0.2) is 0 Å². The molecule has 0 fully saturated rings. The lowest BCUT2D eigenvalue weighted by molar-refractivity contribution is 0.1000. The molecule has 0 atom stereocenters. The van der Waals surface area contributed by atoms with E-state index in [4.69, 9.17) is 5.73 Å². The van der Waals surface area contributed by atoms with Crippen LogP contribution < -0.4 is 11.1 Å². The van der Waals surface area contributed by atoms with Crippen LogP contribution in [0.15, 0.2) is 85.2 Å². The second-order valence-electron chi connectivity index (χ2n) is 6.96. The van der Waals surface area contributed by atoms with Crippen molar-refractivity contribution in [3.63, 3.8) is 0 Å². The lowest BCUT2D eigenvalue weighted by Crippen LogP contribution is -2.17. The summed E-state index contributed by atoms with van der Waals surface area (Å²) in [5.74, 6) is -0.927. The number of hydrogen-bond donors (Lipinski definition) is 2. The Morgan fingerprint density at radius 1 is 0.935 bits per heavy atom. The van der Waals surface area contributed by atoms with Gasteiger partial charge in [-0.2, -0.15) is 0 Å². The maximum Gasteiger partial charge on any atom is 0.256 e. The zero-order valence-corrected chi connectivity index (χ0v) is 16.5. The molecule has 0 aliphatic carbocycles. The average Bonchev–Trinajstić information content (AvgIpc) is 3.17. The van der Waals surface area contributed by atoms with Crippen molar-refractivity contribution >= 4 is 17.6 Å². The third-order valence-corrected chi connectivity index (χ3v) is 4.79. The van der Waals surface area contributed by atoms with Gasteiger partial charge in [0.25, 0.3) is 5.91 Å². The highest BCUT2D eigenvalue weighted by Crippen LogP contribution is 2.28. The minimum atomic E-state index is -0.615. The molecule has 0 bridgehead atoms. The normalized spacial score (nSPS) is 10.6. The quantitative estimate of drug-likeness (QED) is 0.498. The molecule has 2 amide bonds. The first-order chi connectivity index (χ1) is 15.0. The summed E-state index contributed by atoms with van der Waals surface area (Å²) in [4.78, 5) is 28.9. The number of carbonyl (C=O) groups is 2. The first kappa shape index (κ1) is 20.0. The number of nitrogens with two attached hydrogens (primary N) is 1. The van der Waals surface area contributed by atoms with Gasteiger partial charge in [-0.3, -0.25) is 9.59 Å². The maximum atomic E-state index is 13.4. The molecule has 7 heteroatoms. The van der Waals surface area contributed by atoms with Crippen molar-refractivity contribution in [2.75, 3.05) is 5.32 Å². The summed E-state index contributed by atoms with van der Waals surface area (Å²) in [6, 6.07) is 21.8. The van der Waals surface area contributed by atoms with Crippen molar-refractivity contribution in [1.29, 1.82) is 0 Å². The number of primary amides is 1. The van der Waals surface area contributed by atoms with Crippen molar-refractivity contribution in [3.8, 4) is 11.3 Å². The Kier molecular flexibility index (Phi) is 5.57. The summed E-state index contributed by atoms with van der Waals surface area (Å²) in [5.41, 5.74) is 8.05. The molecule has 0 aliphatic rings. The minimum Gasteiger partial charge on any atom is -0.366 e. The van der Waals surface area contributed by atoms with E-state index in [1.165, 1.54) is 18.2 Å². The molecule has 0 spiro atoms. The van der Waals surface area contributed by atoms with Crippen LogP contribution in [0.1, 0.15) is 26.3 Å². The standard InChI is InChI=1S/C24H19FN4O2/c25-20-11-9-17(10-12-20)21-23(29(15-27-21)14-16-5-2-1-3-6-16)28-24(31)19-8-4-7-18(13-19)22(26)30/h1-13,15H,14H2,(H2,26,30)(H,28,31). The van der Waals surface area contributed by atoms with Crippen molar-refractivity contribution in [1.82, 2.24) is 9.55 Å². The Morgan fingerprint density at radius 2 is 1.65 bits per heavy atom. The summed E-state index contributed by atoms with van der Waals surface area (Å²) in [6.45, 7) is 0.478. The van der Waals surface area contributed by atoms with Gasteiger partial charge in [0.05, 0.1) is 12.9 Å². The molecule has 0 saturated heterocycles. The van der Waals surface area contributed by atoms with Gasteiger partial charge in [-0.1, -0.05) is 36.4 Å². The van der Waals surface area contributed by atoms with Gasteiger partial charge in [-0.15, -0.1) is 0 Å². The van der Waals surface area contributed by atoms with Gasteiger partial charge in [0.1, 0.15) is 17.3 Å². The molecule has 0 saturated carbocycles. The Balaban J connectivity index is 1.72. The Morgan fingerprint density at radius 3 is 2.35 bits per heavy atom. The van der Waals surface area contributed by atoms with E-state index < -0.39 is 11.8 Å². The number of aromatic nitrogens is 2. The highest BCUT2D eigenvalue weighted by atomic mass is 19.1. The average molecular weight is 414 g/mol. The van der Waals surface area contributed by atoms with Crippen LogP contribution in [0, 0.1) is 5.82 Å². The van der Waals surface area contributed by atoms with Crippen molar-refractivity contribution in [2.45, 2.75) is 6.54 Å². The van der Waals surface area contributed by atoms with Crippen LogP contribution in [0.3, 0.4) is 0 Å². The second-order valence-corrected chi connectivity index (χ2v) is 6.96. The number of nitrogens with one attached hydrogen (secondary N) is 1. The van der Waals surface area contributed by atoms with Crippen LogP contribution in [0.25, 0.3) is 11.3 Å². The molecule has 1 aromatic heterocycles. The van der Waals surface area contributed by atoms with Crippen LogP contribution in [-0.2, 0) is 6.54 Å². The Labute approximate surface area is 178 Å². The number of amides is 2. The molecule has 3 N–H and O–H groups in total. The largest absolute Gasteiger partial charge is 0.366 e. The van der Waals surface area contributed by atoms with E-state index in [2.05, 4.69) is 10.3 Å². The summed E-state index contributed by atoms with van der Waals surface area (Å²) in [7, 11) is 0. The molecule has 0 aliphatic heterocycles. The lowest BCUT2D eigenvalue weighted by atomic mass is 10.1. The smallest absolute Gasteiger partial charge is 0.256 e. The summed E-state index contributed by atoms with van der Waals surface area (Å²) < 4.78 is 15.2. The van der Waals surface area contributed by atoms with Crippen LogP contribution in [0.2, 0.25) is 0 Å².